The molecule has 0 saturated carbocycles. The Labute approximate surface area is 228 Å². The first-order valence-corrected chi connectivity index (χ1v) is 13.8. The van der Waals surface area contributed by atoms with Crippen LogP contribution in [0.5, 0.6) is 0 Å². The molecule has 0 bridgehead atoms. The number of para-hydroxylation sites is 1. The van der Waals surface area contributed by atoms with Crippen LogP contribution in [0.2, 0.25) is 5.02 Å². The average Bonchev–Trinajstić information content (AvgIpc) is 2.92. The van der Waals surface area contributed by atoms with E-state index in [1.54, 1.807) is 79.7 Å². The lowest BCUT2D eigenvalue weighted by Gasteiger charge is -2.26. The number of hydrazone groups is 1. The van der Waals surface area contributed by atoms with Crippen molar-refractivity contribution >= 4 is 38.9 Å². The van der Waals surface area contributed by atoms with Crippen molar-refractivity contribution in [2.75, 3.05) is 4.31 Å². The van der Waals surface area contributed by atoms with Crippen LogP contribution in [-0.2, 0) is 16.6 Å². The first-order valence-electron chi connectivity index (χ1n) is 12.0. The number of carbonyl (C=O) groups is 1. The van der Waals surface area contributed by atoms with Gasteiger partial charge >= 0.3 is 0 Å². The molecule has 0 unspecified atom stereocenters. The van der Waals surface area contributed by atoms with Crippen LogP contribution in [0.25, 0.3) is 0 Å². The molecule has 6 nitrogen and oxygen atoms in total. The summed E-state index contributed by atoms with van der Waals surface area (Å²) >= 11 is 6.05. The summed E-state index contributed by atoms with van der Waals surface area (Å²) in [5, 5.41) is 4.80. The molecule has 1 amide bonds. The molecule has 4 aromatic rings. The van der Waals surface area contributed by atoms with Gasteiger partial charge in [-0.2, -0.15) is 5.10 Å². The van der Waals surface area contributed by atoms with Crippen LogP contribution in [0.1, 0.15) is 39.5 Å². The van der Waals surface area contributed by atoms with Crippen LogP contribution < -0.4 is 9.73 Å². The Morgan fingerprint density at radius 2 is 1.42 bits per heavy atom. The Morgan fingerprint density at radius 3 is 2.05 bits per heavy atom. The van der Waals surface area contributed by atoms with E-state index in [2.05, 4.69) is 10.5 Å². The lowest BCUT2D eigenvalue weighted by molar-refractivity contribution is 0.0955. The molecule has 0 heterocycles. The molecule has 0 aliphatic heterocycles. The second-order valence-electron chi connectivity index (χ2n) is 8.97. The first-order chi connectivity index (χ1) is 18.1. The zero-order valence-electron chi connectivity index (χ0n) is 21.4. The van der Waals surface area contributed by atoms with Gasteiger partial charge < -0.3 is 0 Å². The molecule has 8 heteroatoms. The van der Waals surface area contributed by atoms with Crippen molar-refractivity contribution in [2.24, 2.45) is 5.10 Å². The van der Waals surface area contributed by atoms with Gasteiger partial charge in [0.15, 0.2) is 0 Å². The molecule has 0 aromatic heterocycles. The Kier molecular flexibility index (Phi) is 8.29. The van der Waals surface area contributed by atoms with Crippen LogP contribution in [0.15, 0.2) is 107 Å². The Balaban J connectivity index is 1.73. The molecule has 38 heavy (non-hydrogen) atoms. The average molecular weight is 546 g/mol. The van der Waals surface area contributed by atoms with E-state index in [1.165, 1.54) is 4.31 Å². The van der Waals surface area contributed by atoms with E-state index in [1.807, 2.05) is 38.1 Å². The fourth-order valence-electron chi connectivity index (χ4n) is 3.83. The third-order valence-corrected chi connectivity index (χ3v) is 8.09. The fraction of sp³-hybridized carbons (Fsp3) is 0.133. The van der Waals surface area contributed by atoms with E-state index in [4.69, 9.17) is 11.6 Å². The predicted molar refractivity (Wildman–Crippen MR) is 153 cm³/mol. The minimum absolute atomic E-state index is 0.00331. The smallest absolute Gasteiger partial charge is 0.267 e. The van der Waals surface area contributed by atoms with Gasteiger partial charge in [-0.05, 0) is 68.3 Å². The number of carbonyl (C=O) groups excluding carboxylic acids is 1. The molecule has 0 saturated heterocycles. The Hall–Kier alpha value is -3.94. The minimum atomic E-state index is -4.03. The van der Waals surface area contributed by atoms with E-state index in [0.717, 1.165) is 16.7 Å². The number of benzene rings is 4. The monoisotopic (exact) mass is 545 g/mol. The highest BCUT2D eigenvalue weighted by Crippen LogP contribution is 2.30. The van der Waals surface area contributed by atoms with E-state index in [0.29, 0.717) is 16.3 Å². The number of anilines is 1. The van der Waals surface area contributed by atoms with Crippen molar-refractivity contribution in [3.8, 4) is 0 Å². The maximum atomic E-state index is 13.9. The molecule has 4 aromatic carbocycles. The molecule has 0 aliphatic rings. The number of rotatable bonds is 8. The van der Waals surface area contributed by atoms with Gasteiger partial charge in [0.05, 0.1) is 28.4 Å². The SMILES string of the molecule is C/C(=N\NC(=O)c1ccccc1N(Cc1ccc(Cl)cc1)S(=O)(=O)c1ccc(C)cc1)c1ccc(C)cc1. The number of hydrogen-bond acceptors (Lipinski definition) is 4. The van der Waals surface area contributed by atoms with Crippen LogP contribution in [0.3, 0.4) is 0 Å². The summed E-state index contributed by atoms with van der Waals surface area (Å²) in [6.45, 7) is 5.69. The van der Waals surface area contributed by atoms with Gasteiger partial charge in [-0.15, -0.1) is 0 Å². The summed E-state index contributed by atoms with van der Waals surface area (Å²) in [5.41, 5.74) is 7.28. The summed E-state index contributed by atoms with van der Waals surface area (Å²) in [7, 11) is -4.03. The molecule has 0 radical (unpaired) electrons. The third kappa shape index (κ3) is 6.30. The van der Waals surface area contributed by atoms with Crippen molar-refractivity contribution < 1.29 is 13.2 Å². The lowest BCUT2D eigenvalue weighted by atomic mass is 10.1. The summed E-state index contributed by atoms with van der Waals surface area (Å²) in [5.74, 6) is -0.521. The van der Waals surface area contributed by atoms with Gasteiger partial charge in [0.1, 0.15) is 0 Å². The van der Waals surface area contributed by atoms with Crippen molar-refractivity contribution in [2.45, 2.75) is 32.2 Å². The number of sulfonamides is 1. The van der Waals surface area contributed by atoms with Gasteiger partial charge in [0.25, 0.3) is 15.9 Å². The highest BCUT2D eigenvalue weighted by Gasteiger charge is 2.28. The molecule has 1 N–H and O–H groups in total. The van der Waals surface area contributed by atoms with Crippen LogP contribution >= 0.6 is 11.6 Å². The zero-order valence-corrected chi connectivity index (χ0v) is 22.9. The first kappa shape index (κ1) is 27.1. The van der Waals surface area contributed by atoms with E-state index >= 15 is 0 Å². The largest absolute Gasteiger partial charge is 0.273 e. The Morgan fingerprint density at radius 1 is 0.842 bits per heavy atom. The summed E-state index contributed by atoms with van der Waals surface area (Å²) in [6, 6.07) is 27.9. The Bertz CT molecular complexity index is 1560. The van der Waals surface area contributed by atoms with E-state index in [-0.39, 0.29) is 22.7 Å². The minimum Gasteiger partial charge on any atom is -0.267 e. The van der Waals surface area contributed by atoms with E-state index in [9.17, 15) is 13.2 Å². The van der Waals surface area contributed by atoms with Crippen molar-refractivity contribution in [3.63, 3.8) is 0 Å². The van der Waals surface area contributed by atoms with Gasteiger partial charge in [0.2, 0.25) is 0 Å². The topological polar surface area (TPSA) is 78.8 Å². The summed E-state index contributed by atoms with van der Waals surface area (Å²) in [4.78, 5) is 13.4. The second-order valence-corrected chi connectivity index (χ2v) is 11.3. The van der Waals surface area contributed by atoms with E-state index < -0.39 is 15.9 Å². The highest BCUT2D eigenvalue weighted by atomic mass is 35.5. The van der Waals surface area contributed by atoms with Crippen LogP contribution in [-0.4, -0.2) is 20.0 Å². The lowest BCUT2D eigenvalue weighted by Crippen LogP contribution is -2.33. The number of amides is 1. The second kappa shape index (κ2) is 11.6. The van der Waals surface area contributed by atoms with Gasteiger partial charge in [0, 0.05) is 5.02 Å². The molecular weight excluding hydrogens is 518 g/mol. The molecule has 0 spiro atoms. The van der Waals surface area contributed by atoms with Gasteiger partial charge in [-0.1, -0.05) is 83.4 Å². The number of aryl methyl sites for hydroxylation is 2. The fourth-order valence-corrected chi connectivity index (χ4v) is 5.43. The maximum absolute atomic E-state index is 13.9. The normalized spacial score (nSPS) is 11.7. The molecule has 0 aliphatic carbocycles. The van der Waals surface area contributed by atoms with Crippen LogP contribution in [0.4, 0.5) is 5.69 Å². The summed E-state index contributed by atoms with van der Waals surface area (Å²) in [6.07, 6.45) is 0. The van der Waals surface area contributed by atoms with Gasteiger partial charge in [-0.3, -0.25) is 9.10 Å². The molecule has 0 fully saturated rings. The van der Waals surface area contributed by atoms with Crippen molar-refractivity contribution in [3.05, 3.63) is 130 Å². The summed E-state index contributed by atoms with van der Waals surface area (Å²) < 4.78 is 29.1. The quantitative estimate of drug-likeness (QED) is 0.202. The van der Waals surface area contributed by atoms with Crippen LogP contribution in [0, 0.1) is 13.8 Å². The van der Waals surface area contributed by atoms with Gasteiger partial charge in [-0.25, -0.2) is 13.8 Å². The number of nitrogens with one attached hydrogen (secondary N) is 1. The molecule has 4 rings (SSSR count). The zero-order chi connectivity index (χ0) is 27.3. The third-order valence-electron chi connectivity index (χ3n) is 6.06. The highest BCUT2D eigenvalue weighted by molar-refractivity contribution is 7.92. The molecule has 194 valence electrons. The molecule has 0 atom stereocenters. The predicted octanol–water partition coefficient (Wildman–Crippen LogP) is 6.51. The standard InChI is InChI=1S/C30H28ClN3O3S/c1-21-8-14-25(15-9-21)23(3)32-33-30(35)28-6-4-5-7-29(28)34(20-24-12-16-26(31)17-13-24)38(36,37)27-18-10-22(2)11-19-27/h4-19H,20H2,1-3H3,(H,33,35)/b32-23+. The maximum Gasteiger partial charge on any atom is 0.273 e. The number of nitrogens with zero attached hydrogens (tertiary/aromatic N) is 2. The van der Waals surface area contributed by atoms with Crippen molar-refractivity contribution in [1.82, 2.24) is 5.43 Å². The molecular formula is C30H28ClN3O3S. The number of halogens is 1. The number of hydrogen-bond donors (Lipinski definition) is 1. The van der Waals surface area contributed by atoms with Crippen molar-refractivity contribution in [1.29, 1.82) is 0 Å².